The third kappa shape index (κ3) is 3.37. The molecular weight excluding hydrogens is 238 g/mol. The molecule has 1 atom stereocenters. The van der Waals surface area contributed by atoms with Crippen LogP contribution in [0.15, 0.2) is 12.4 Å². The average molecular weight is 256 g/mol. The first-order valence-corrected chi connectivity index (χ1v) is 6.23. The van der Waals surface area contributed by atoms with Crippen molar-refractivity contribution in [1.82, 2.24) is 14.9 Å². The molecule has 0 N–H and O–H groups in total. The van der Waals surface area contributed by atoms with Crippen LogP contribution in [0.2, 0.25) is 5.15 Å². The van der Waals surface area contributed by atoms with E-state index in [-0.39, 0.29) is 5.60 Å². The van der Waals surface area contributed by atoms with Crippen LogP contribution in [0.4, 0.5) is 0 Å². The Labute approximate surface area is 107 Å². The van der Waals surface area contributed by atoms with Crippen LogP contribution < -0.4 is 0 Å². The van der Waals surface area contributed by atoms with Crippen molar-refractivity contribution >= 4 is 11.6 Å². The van der Waals surface area contributed by atoms with Gasteiger partial charge in [0, 0.05) is 20.2 Å². The molecule has 0 aromatic carbocycles. The smallest absolute Gasteiger partial charge is 0.147 e. The molecule has 0 radical (unpaired) electrons. The molecule has 1 saturated heterocycles. The van der Waals surface area contributed by atoms with Crippen LogP contribution >= 0.6 is 11.6 Å². The summed E-state index contributed by atoms with van der Waals surface area (Å²) in [6, 6.07) is 0. The van der Waals surface area contributed by atoms with Crippen LogP contribution in [-0.2, 0) is 11.3 Å². The van der Waals surface area contributed by atoms with Crippen LogP contribution in [-0.4, -0.2) is 40.7 Å². The topological polar surface area (TPSA) is 38.2 Å². The number of piperidine rings is 1. The first kappa shape index (κ1) is 12.7. The molecule has 1 aliphatic heterocycles. The molecule has 0 amide bonds. The lowest BCUT2D eigenvalue weighted by Gasteiger charge is -2.39. The minimum Gasteiger partial charge on any atom is -0.377 e. The van der Waals surface area contributed by atoms with Crippen molar-refractivity contribution in [2.75, 3.05) is 20.2 Å². The molecule has 1 fully saturated rings. The van der Waals surface area contributed by atoms with Gasteiger partial charge in [0.2, 0.25) is 0 Å². The molecule has 94 valence electrons. The maximum atomic E-state index is 5.71. The van der Waals surface area contributed by atoms with Gasteiger partial charge in [-0.1, -0.05) is 11.6 Å². The summed E-state index contributed by atoms with van der Waals surface area (Å²) in [7, 11) is 1.78. The van der Waals surface area contributed by atoms with E-state index < -0.39 is 0 Å². The standard InChI is InChI=1S/C12H18ClN3O/c1-12(17-2)4-3-5-16(9-12)8-10-6-15-11(13)7-14-10/h6-7H,3-5,8-9H2,1-2H3. The van der Waals surface area contributed by atoms with Gasteiger partial charge >= 0.3 is 0 Å². The Kier molecular flexibility index (Phi) is 3.97. The Bertz CT molecular complexity index is 371. The van der Waals surface area contributed by atoms with Crippen molar-refractivity contribution in [2.45, 2.75) is 31.9 Å². The van der Waals surface area contributed by atoms with Crippen LogP contribution in [0.25, 0.3) is 0 Å². The summed E-state index contributed by atoms with van der Waals surface area (Å²) >= 11 is 5.71. The summed E-state index contributed by atoms with van der Waals surface area (Å²) < 4.78 is 5.57. The second kappa shape index (κ2) is 5.29. The number of hydrogen-bond acceptors (Lipinski definition) is 4. The zero-order chi connectivity index (χ0) is 12.3. The summed E-state index contributed by atoms with van der Waals surface area (Å²) in [6.45, 7) is 4.99. The summed E-state index contributed by atoms with van der Waals surface area (Å²) in [4.78, 5) is 10.7. The summed E-state index contributed by atoms with van der Waals surface area (Å²) in [5, 5.41) is 0.439. The fourth-order valence-electron chi connectivity index (χ4n) is 2.26. The Hall–Kier alpha value is -0.710. The lowest BCUT2D eigenvalue weighted by Crippen LogP contribution is -2.46. The highest BCUT2D eigenvalue weighted by atomic mass is 35.5. The summed E-state index contributed by atoms with van der Waals surface area (Å²) in [6.07, 6.45) is 5.61. The third-order valence-electron chi connectivity index (χ3n) is 3.29. The van der Waals surface area contributed by atoms with Crippen LogP contribution in [0.1, 0.15) is 25.5 Å². The first-order chi connectivity index (χ1) is 8.11. The van der Waals surface area contributed by atoms with Crippen LogP contribution in [0.5, 0.6) is 0 Å². The van der Waals surface area contributed by atoms with Gasteiger partial charge in [-0.2, -0.15) is 0 Å². The summed E-state index contributed by atoms with van der Waals surface area (Å²) in [5.74, 6) is 0. The van der Waals surface area contributed by atoms with Crippen molar-refractivity contribution in [2.24, 2.45) is 0 Å². The van der Waals surface area contributed by atoms with E-state index in [0.717, 1.165) is 38.2 Å². The third-order valence-corrected chi connectivity index (χ3v) is 3.49. The van der Waals surface area contributed by atoms with E-state index in [0.29, 0.717) is 5.15 Å². The molecule has 1 aliphatic rings. The lowest BCUT2D eigenvalue weighted by molar-refractivity contribution is -0.0529. The predicted octanol–water partition coefficient (Wildman–Crippen LogP) is 2.13. The number of rotatable bonds is 3. The maximum absolute atomic E-state index is 5.71. The molecule has 4 nitrogen and oxygen atoms in total. The number of ether oxygens (including phenoxy) is 1. The minimum absolute atomic E-state index is 0.0297. The van der Waals surface area contributed by atoms with E-state index in [9.17, 15) is 0 Å². The van der Waals surface area contributed by atoms with Gasteiger partial charge < -0.3 is 4.74 Å². The van der Waals surface area contributed by atoms with Crippen molar-refractivity contribution in [3.05, 3.63) is 23.2 Å². The van der Waals surface area contributed by atoms with E-state index >= 15 is 0 Å². The van der Waals surface area contributed by atoms with Gasteiger partial charge in [-0.25, -0.2) is 4.98 Å². The van der Waals surface area contributed by atoms with Crippen molar-refractivity contribution in [3.8, 4) is 0 Å². The molecule has 0 saturated carbocycles. The highest BCUT2D eigenvalue weighted by molar-refractivity contribution is 6.29. The van der Waals surface area contributed by atoms with E-state index in [4.69, 9.17) is 16.3 Å². The molecule has 1 unspecified atom stereocenters. The quantitative estimate of drug-likeness (QED) is 0.830. The molecule has 0 bridgehead atoms. The van der Waals surface area contributed by atoms with E-state index in [1.807, 2.05) is 0 Å². The number of aromatic nitrogens is 2. The van der Waals surface area contributed by atoms with Gasteiger partial charge in [0.25, 0.3) is 0 Å². The van der Waals surface area contributed by atoms with Gasteiger partial charge in [0.15, 0.2) is 0 Å². The number of halogens is 1. The van der Waals surface area contributed by atoms with E-state index in [1.54, 1.807) is 19.5 Å². The average Bonchev–Trinajstić information content (AvgIpc) is 2.32. The van der Waals surface area contributed by atoms with Gasteiger partial charge in [-0.3, -0.25) is 9.88 Å². The fourth-order valence-corrected chi connectivity index (χ4v) is 2.36. The molecule has 0 aliphatic carbocycles. The fraction of sp³-hybridized carbons (Fsp3) is 0.667. The van der Waals surface area contributed by atoms with Crippen molar-refractivity contribution < 1.29 is 4.74 Å². The van der Waals surface area contributed by atoms with Gasteiger partial charge in [-0.05, 0) is 26.3 Å². The van der Waals surface area contributed by atoms with Gasteiger partial charge in [0.1, 0.15) is 5.15 Å². The molecule has 1 aromatic rings. The molecule has 1 aromatic heterocycles. The largest absolute Gasteiger partial charge is 0.377 e. The Morgan fingerprint density at radius 1 is 1.47 bits per heavy atom. The molecule has 17 heavy (non-hydrogen) atoms. The van der Waals surface area contributed by atoms with E-state index in [1.165, 1.54) is 0 Å². The molecule has 0 spiro atoms. The SMILES string of the molecule is COC1(C)CCCN(Cc2cnc(Cl)cn2)C1. The van der Waals surface area contributed by atoms with Crippen molar-refractivity contribution in [3.63, 3.8) is 0 Å². The second-order valence-corrected chi connectivity index (χ2v) is 5.19. The first-order valence-electron chi connectivity index (χ1n) is 5.85. The molecule has 2 heterocycles. The monoisotopic (exact) mass is 255 g/mol. The van der Waals surface area contributed by atoms with E-state index in [2.05, 4.69) is 21.8 Å². The minimum atomic E-state index is -0.0297. The molecule has 2 rings (SSSR count). The molecule has 5 heteroatoms. The maximum Gasteiger partial charge on any atom is 0.147 e. The van der Waals surface area contributed by atoms with Crippen LogP contribution in [0.3, 0.4) is 0 Å². The van der Waals surface area contributed by atoms with Crippen LogP contribution in [0, 0.1) is 0 Å². The Balaban J connectivity index is 1.97. The lowest BCUT2D eigenvalue weighted by atomic mass is 9.95. The van der Waals surface area contributed by atoms with Gasteiger partial charge in [-0.15, -0.1) is 0 Å². The number of nitrogens with zero attached hydrogens (tertiary/aromatic N) is 3. The highest BCUT2D eigenvalue weighted by Crippen LogP contribution is 2.24. The number of likely N-dealkylation sites (tertiary alicyclic amines) is 1. The predicted molar refractivity (Wildman–Crippen MR) is 67.0 cm³/mol. The number of methoxy groups -OCH3 is 1. The normalized spacial score (nSPS) is 26.1. The number of hydrogen-bond donors (Lipinski definition) is 0. The molecular formula is C12H18ClN3O. The zero-order valence-electron chi connectivity index (χ0n) is 10.3. The van der Waals surface area contributed by atoms with Gasteiger partial charge in [0.05, 0.1) is 23.7 Å². The summed E-state index contributed by atoms with van der Waals surface area (Å²) in [5.41, 5.74) is 0.924. The second-order valence-electron chi connectivity index (χ2n) is 4.80. The zero-order valence-corrected chi connectivity index (χ0v) is 11.1. The van der Waals surface area contributed by atoms with Crippen molar-refractivity contribution in [1.29, 1.82) is 0 Å². The Morgan fingerprint density at radius 2 is 2.29 bits per heavy atom. The highest BCUT2D eigenvalue weighted by Gasteiger charge is 2.30. The Morgan fingerprint density at radius 3 is 2.94 bits per heavy atom.